The van der Waals surface area contributed by atoms with Gasteiger partial charge in [-0.1, -0.05) is 24.3 Å². The molecule has 1 aromatic carbocycles. The van der Waals surface area contributed by atoms with Crippen molar-refractivity contribution in [2.45, 2.75) is 39.2 Å². The van der Waals surface area contributed by atoms with Crippen LogP contribution in [0, 0.1) is 13.8 Å². The van der Waals surface area contributed by atoms with Crippen molar-refractivity contribution >= 4 is 11.6 Å². The first-order valence-corrected chi connectivity index (χ1v) is 8.73. The molecule has 0 unspecified atom stereocenters. The Morgan fingerprint density at radius 1 is 1.28 bits per heavy atom. The van der Waals surface area contributed by atoms with E-state index < -0.39 is 0 Å². The summed E-state index contributed by atoms with van der Waals surface area (Å²) in [7, 11) is 1.89. The maximum Gasteiger partial charge on any atom is 0.259 e. The zero-order valence-corrected chi connectivity index (χ0v) is 14.9. The van der Waals surface area contributed by atoms with Gasteiger partial charge in [0.25, 0.3) is 5.91 Å². The van der Waals surface area contributed by atoms with Crippen LogP contribution < -0.4 is 0 Å². The molecular weight excluding hydrogens is 312 g/mol. The van der Waals surface area contributed by atoms with Gasteiger partial charge in [0.1, 0.15) is 5.56 Å². The number of benzene rings is 1. The molecule has 2 aromatic heterocycles. The van der Waals surface area contributed by atoms with Gasteiger partial charge in [-0.2, -0.15) is 5.10 Å². The fourth-order valence-corrected chi connectivity index (χ4v) is 3.88. The topological polar surface area (TPSA) is 50.5 Å². The molecule has 4 rings (SSSR count). The Hall–Kier alpha value is -2.69. The van der Waals surface area contributed by atoms with E-state index in [4.69, 9.17) is 0 Å². The molecule has 0 N–H and O–H groups in total. The van der Waals surface area contributed by atoms with Gasteiger partial charge >= 0.3 is 0 Å². The lowest BCUT2D eigenvalue weighted by Gasteiger charge is -2.33. The van der Waals surface area contributed by atoms with Crippen LogP contribution in [0.25, 0.3) is 5.65 Å². The zero-order valence-electron chi connectivity index (χ0n) is 14.9. The standard InChI is InChI=1S/C20H22N4O/c1-13-11-14(2)24-19(22-13)17(12-21-24)20(25)23(3)18-10-6-8-15-7-4-5-9-16(15)18/h4-5,7,9,11-12,18H,6,8,10H2,1-3H3/t18-/m0/s1. The number of aromatic nitrogens is 3. The lowest BCUT2D eigenvalue weighted by atomic mass is 9.87. The van der Waals surface area contributed by atoms with E-state index in [9.17, 15) is 4.79 Å². The summed E-state index contributed by atoms with van der Waals surface area (Å²) < 4.78 is 1.74. The maximum absolute atomic E-state index is 13.2. The Morgan fingerprint density at radius 3 is 2.92 bits per heavy atom. The Morgan fingerprint density at radius 2 is 2.08 bits per heavy atom. The largest absolute Gasteiger partial charge is 0.334 e. The summed E-state index contributed by atoms with van der Waals surface area (Å²) in [6.45, 7) is 3.92. The first kappa shape index (κ1) is 15.8. The Kier molecular flexibility index (Phi) is 3.79. The first-order chi connectivity index (χ1) is 12.1. The van der Waals surface area contributed by atoms with Crippen molar-refractivity contribution < 1.29 is 4.79 Å². The molecule has 5 nitrogen and oxygen atoms in total. The molecule has 0 saturated heterocycles. The van der Waals surface area contributed by atoms with Gasteiger partial charge in [-0.3, -0.25) is 4.79 Å². The SMILES string of the molecule is Cc1cc(C)n2ncc(C(=O)N(C)[C@H]3CCCc4ccccc43)c2n1. The highest BCUT2D eigenvalue weighted by molar-refractivity contribution is 5.99. The molecule has 0 spiro atoms. The minimum absolute atomic E-state index is 0.0193. The van der Waals surface area contributed by atoms with Crippen LogP contribution in [-0.2, 0) is 6.42 Å². The monoisotopic (exact) mass is 334 g/mol. The minimum atomic E-state index is -0.0193. The number of rotatable bonds is 2. The number of aryl methyl sites for hydroxylation is 3. The number of fused-ring (bicyclic) bond motifs is 2. The van der Waals surface area contributed by atoms with Gasteiger partial charge < -0.3 is 4.90 Å². The second-order valence-electron chi connectivity index (χ2n) is 6.86. The van der Waals surface area contributed by atoms with Crippen LogP contribution in [0.3, 0.4) is 0 Å². The summed E-state index contributed by atoms with van der Waals surface area (Å²) in [5, 5.41) is 4.36. The molecule has 1 aliphatic rings. The van der Waals surface area contributed by atoms with Crippen molar-refractivity contribution in [3.05, 3.63) is 64.6 Å². The molecule has 0 radical (unpaired) electrons. The number of amides is 1. The Balaban J connectivity index is 1.73. The van der Waals surface area contributed by atoms with Crippen LogP contribution in [0.5, 0.6) is 0 Å². The smallest absolute Gasteiger partial charge is 0.259 e. The average molecular weight is 334 g/mol. The minimum Gasteiger partial charge on any atom is -0.334 e. The van der Waals surface area contributed by atoms with Gasteiger partial charge in [-0.05, 0) is 50.3 Å². The molecule has 0 aliphatic heterocycles. The van der Waals surface area contributed by atoms with E-state index in [-0.39, 0.29) is 11.9 Å². The summed E-state index contributed by atoms with van der Waals surface area (Å²) in [6, 6.07) is 10.5. The van der Waals surface area contributed by atoms with E-state index in [1.54, 1.807) is 10.7 Å². The molecule has 0 fully saturated rings. The normalized spacial score (nSPS) is 16.7. The molecule has 25 heavy (non-hydrogen) atoms. The number of carbonyl (C=O) groups excluding carboxylic acids is 1. The van der Waals surface area contributed by atoms with Crippen molar-refractivity contribution in [1.29, 1.82) is 0 Å². The molecule has 1 amide bonds. The average Bonchev–Trinajstić information content (AvgIpc) is 3.04. The van der Waals surface area contributed by atoms with Crippen molar-refractivity contribution in [3.8, 4) is 0 Å². The highest BCUT2D eigenvalue weighted by Crippen LogP contribution is 2.34. The predicted octanol–water partition coefficient (Wildman–Crippen LogP) is 3.50. The van der Waals surface area contributed by atoms with Gasteiger partial charge in [0, 0.05) is 18.4 Å². The highest BCUT2D eigenvalue weighted by Gasteiger charge is 2.29. The molecule has 128 valence electrons. The molecular formula is C20H22N4O. The van der Waals surface area contributed by atoms with Crippen molar-refractivity contribution in [2.75, 3.05) is 7.05 Å². The van der Waals surface area contributed by atoms with E-state index in [0.717, 1.165) is 30.7 Å². The molecule has 0 saturated carbocycles. The van der Waals surface area contributed by atoms with Crippen LogP contribution in [0.2, 0.25) is 0 Å². The maximum atomic E-state index is 13.2. The summed E-state index contributed by atoms with van der Waals surface area (Å²) in [5.41, 5.74) is 5.69. The van der Waals surface area contributed by atoms with Gasteiger partial charge in [0.15, 0.2) is 5.65 Å². The summed E-state index contributed by atoms with van der Waals surface area (Å²) in [4.78, 5) is 19.6. The Labute approximate surface area is 147 Å². The fraction of sp³-hybridized carbons (Fsp3) is 0.350. The van der Waals surface area contributed by atoms with E-state index >= 15 is 0 Å². The predicted molar refractivity (Wildman–Crippen MR) is 96.7 cm³/mol. The number of carbonyl (C=O) groups is 1. The van der Waals surface area contributed by atoms with Crippen LogP contribution in [0.4, 0.5) is 0 Å². The zero-order chi connectivity index (χ0) is 17.6. The van der Waals surface area contributed by atoms with Gasteiger partial charge in [0.05, 0.1) is 12.2 Å². The summed E-state index contributed by atoms with van der Waals surface area (Å²) >= 11 is 0. The van der Waals surface area contributed by atoms with E-state index in [1.807, 2.05) is 31.9 Å². The summed E-state index contributed by atoms with van der Waals surface area (Å²) in [6.07, 6.45) is 4.82. The fourth-order valence-electron chi connectivity index (χ4n) is 3.88. The van der Waals surface area contributed by atoms with Crippen molar-refractivity contribution in [3.63, 3.8) is 0 Å². The Bertz CT molecular complexity index is 959. The molecule has 1 atom stereocenters. The molecule has 2 heterocycles. The van der Waals surface area contributed by atoms with Crippen molar-refractivity contribution in [1.82, 2.24) is 19.5 Å². The third-order valence-electron chi connectivity index (χ3n) is 5.13. The number of hydrogen-bond acceptors (Lipinski definition) is 3. The second-order valence-corrected chi connectivity index (χ2v) is 6.86. The molecule has 3 aromatic rings. The first-order valence-electron chi connectivity index (χ1n) is 8.73. The van der Waals surface area contributed by atoms with Gasteiger partial charge in [-0.15, -0.1) is 0 Å². The number of hydrogen-bond donors (Lipinski definition) is 0. The van der Waals surface area contributed by atoms with Gasteiger partial charge in [0.2, 0.25) is 0 Å². The molecule has 1 aliphatic carbocycles. The van der Waals surface area contributed by atoms with Crippen LogP contribution in [0.15, 0.2) is 36.5 Å². The third kappa shape index (κ3) is 2.60. The summed E-state index contributed by atoms with van der Waals surface area (Å²) in [5.74, 6) is -0.0193. The lowest BCUT2D eigenvalue weighted by molar-refractivity contribution is 0.0717. The quantitative estimate of drug-likeness (QED) is 0.721. The molecule has 5 heteroatoms. The van der Waals surface area contributed by atoms with E-state index in [1.165, 1.54) is 11.1 Å². The van der Waals surface area contributed by atoms with Crippen molar-refractivity contribution in [2.24, 2.45) is 0 Å². The van der Waals surface area contributed by atoms with E-state index in [2.05, 4.69) is 34.3 Å². The van der Waals surface area contributed by atoms with Gasteiger partial charge in [-0.25, -0.2) is 9.50 Å². The third-order valence-corrected chi connectivity index (χ3v) is 5.13. The number of nitrogens with zero attached hydrogens (tertiary/aromatic N) is 4. The van der Waals surface area contributed by atoms with Crippen LogP contribution >= 0.6 is 0 Å². The molecule has 0 bridgehead atoms. The second kappa shape index (κ2) is 5.99. The lowest BCUT2D eigenvalue weighted by Crippen LogP contribution is -2.33. The van der Waals surface area contributed by atoms with Crippen LogP contribution in [0.1, 0.15) is 51.8 Å². The van der Waals surface area contributed by atoms with Crippen LogP contribution in [-0.4, -0.2) is 32.5 Å². The van der Waals surface area contributed by atoms with E-state index in [0.29, 0.717) is 11.2 Å². The highest BCUT2D eigenvalue weighted by atomic mass is 16.2.